The average molecular weight is 642 g/mol. The third-order valence-corrected chi connectivity index (χ3v) is 26.8. The number of unbranched alkanes of at least 4 members (excludes halogenated alkanes) is 3. The van der Waals surface area contributed by atoms with Gasteiger partial charge in [0.05, 0.1) is 0 Å². The SMILES string of the molecule is CCC1=Cc2ccccc2[CH]1[Zr+2]([SiH2]C)[CH]1C(C)=Cc2c(-c3ccccc3)cccc21.CCCCCC.[Cl-].[Cl-]. The zero-order chi connectivity index (χ0) is 25.5. The van der Waals surface area contributed by atoms with Gasteiger partial charge in [-0.05, 0) is 0 Å². The molecule has 201 valence electrons. The second kappa shape index (κ2) is 16.2. The Balaban J connectivity index is 0.000000573. The molecule has 0 N–H and O–H groups in total. The first-order chi connectivity index (χ1) is 17.6. The van der Waals surface area contributed by atoms with Gasteiger partial charge in [-0.15, -0.1) is 0 Å². The standard InChI is InChI=1S/C16H13.C11H11.C6H14.CH5Si.2ClH.Zr/c1-12-10-14-8-5-9-15(16(14)11-12)13-6-3-2-4-7-13;1-2-9-7-10-5-3-4-6-11(10)8-9;1-3-5-6-4-2;1-2;;;/h2-11H,1H3;3-8H,2H2,1H3;3-6H2,1-2H3;2H2,1H3;2*1H;/q;;;;;;+2/p-2. The van der Waals surface area contributed by atoms with Gasteiger partial charge in [0, 0.05) is 0 Å². The zero-order valence-corrected chi connectivity index (χ0v) is 29.1. The van der Waals surface area contributed by atoms with E-state index in [4.69, 9.17) is 0 Å². The van der Waals surface area contributed by atoms with Crippen LogP contribution in [0.2, 0.25) is 6.55 Å². The summed E-state index contributed by atoms with van der Waals surface area (Å²) >= 11 is -1.77. The third kappa shape index (κ3) is 7.11. The summed E-state index contributed by atoms with van der Waals surface area (Å²) in [6.07, 6.45) is 11.8. The van der Waals surface area contributed by atoms with Gasteiger partial charge >= 0.3 is 191 Å². The Hall–Kier alpha value is -1.18. The summed E-state index contributed by atoms with van der Waals surface area (Å²) < 4.78 is 1.53. The van der Waals surface area contributed by atoms with Gasteiger partial charge in [0.15, 0.2) is 0 Å². The molecule has 2 aliphatic carbocycles. The third-order valence-electron chi connectivity index (χ3n) is 7.90. The maximum atomic E-state index is 2.61. The quantitative estimate of drug-likeness (QED) is 0.260. The first-order valence-corrected chi connectivity index (χ1v) is 24.3. The summed E-state index contributed by atoms with van der Waals surface area (Å²) in [5.74, 6) is 0. The summed E-state index contributed by atoms with van der Waals surface area (Å²) in [6.45, 7) is 11.8. The molecule has 0 amide bonds. The molecule has 0 heterocycles. The first kappa shape index (κ1) is 33.0. The van der Waals surface area contributed by atoms with Crippen LogP contribution in [-0.2, 0) is 20.9 Å². The second-order valence-electron chi connectivity index (χ2n) is 10.3. The van der Waals surface area contributed by atoms with E-state index in [1.807, 2.05) is 0 Å². The van der Waals surface area contributed by atoms with Gasteiger partial charge in [-0.25, -0.2) is 0 Å². The summed E-state index contributed by atoms with van der Waals surface area (Å²) in [7, 11) is 0. The van der Waals surface area contributed by atoms with Crippen LogP contribution in [0.5, 0.6) is 0 Å². The second-order valence-corrected chi connectivity index (χ2v) is 26.7. The summed E-state index contributed by atoms with van der Waals surface area (Å²) in [6, 6.07) is 27.2. The Kier molecular flexibility index (Phi) is 14.1. The van der Waals surface area contributed by atoms with Crippen molar-refractivity contribution in [2.45, 2.75) is 73.6 Å². The molecule has 38 heavy (non-hydrogen) atoms. The molecule has 3 aromatic rings. The minimum atomic E-state index is -1.77. The van der Waals surface area contributed by atoms with Crippen LogP contribution in [0.4, 0.5) is 0 Å². The van der Waals surface area contributed by atoms with E-state index in [0.717, 1.165) is 7.25 Å². The molecule has 0 saturated carbocycles. The van der Waals surface area contributed by atoms with Crippen molar-refractivity contribution in [3.63, 3.8) is 0 Å². The van der Waals surface area contributed by atoms with Gasteiger partial charge < -0.3 is 24.8 Å². The molecule has 3 aromatic carbocycles. The van der Waals surface area contributed by atoms with E-state index >= 15 is 0 Å². The number of benzene rings is 3. The van der Waals surface area contributed by atoms with E-state index in [-0.39, 0.29) is 31.5 Å². The normalized spacial score (nSPS) is 16.9. The van der Waals surface area contributed by atoms with E-state index in [1.165, 1.54) is 54.4 Å². The number of allylic oxidation sites excluding steroid dienone is 2. The van der Waals surface area contributed by atoms with E-state index in [9.17, 15) is 0 Å². The number of hydrogen-bond acceptors (Lipinski definition) is 0. The van der Waals surface area contributed by atoms with Crippen molar-refractivity contribution in [2.24, 2.45) is 0 Å². The van der Waals surface area contributed by atoms with Crippen LogP contribution in [0.3, 0.4) is 0 Å². The van der Waals surface area contributed by atoms with Gasteiger partial charge in [-0.3, -0.25) is 0 Å². The van der Waals surface area contributed by atoms with Crippen molar-refractivity contribution in [3.8, 4) is 11.1 Å². The number of rotatable bonds is 8. The summed E-state index contributed by atoms with van der Waals surface area (Å²) in [5, 5.41) is 0. The maximum absolute atomic E-state index is 2.61. The monoisotopic (exact) mass is 639 g/mol. The van der Waals surface area contributed by atoms with Crippen molar-refractivity contribution in [3.05, 3.63) is 106 Å². The van der Waals surface area contributed by atoms with Crippen LogP contribution in [-0.4, -0.2) is 6.65 Å². The molecular weight excluding hydrogens is 599 g/mol. The van der Waals surface area contributed by atoms with E-state index in [1.54, 1.807) is 22.3 Å². The summed E-state index contributed by atoms with van der Waals surface area (Å²) in [5.41, 5.74) is 12.4. The van der Waals surface area contributed by atoms with Crippen molar-refractivity contribution in [2.75, 3.05) is 0 Å². The van der Waals surface area contributed by atoms with E-state index < -0.39 is 20.9 Å². The summed E-state index contributed by atoms with van der Waals surface area (Å²) in [4.78, 5) is 0. The van der Waals surface area contributed by atoms with E-state index in [0.29, 0.717) is 0 Å². The van der Waals surface area contributed by atoms with Crippen LogP contribution in [0.25, 0.3) is 23.3 Å². The molecular formula is C34H43Cl2SiZr. The molecule has 2 unspecified atom stereocenters. The molecule has 2 aliphatic rings. The molecule has 0 saturated heterocycles. The first-order valence-electron chi connectivity index (χ1n) is 14.2. The van der Waals surface area contributed by atoms with Crippen LogP contribution in [0.1, 0.15) is 89.3 Å². The molecule has 0 aliphatic heterocycles. The Morgan fingerprint density at radius 3 is 1.97 bits per heavy atom. The molecule has 0 nitrogen and oxygen atoms in total. The molecule has 0 spiro atoms. The number of halogens is 2. The molecule has 0 bridgehead atoms. The minimum absolute atomic E-state index is 0. The largest absolute Gasteiger partial charge is 1.00 e. The molecule has 0 aromatic heterocycles. The Morgan fingerprint density at radius 1 is 0.711 bits per heavy atom. The predicted molar refractivity (Wildman–Crippen MR) is 160 cm³/mol. The van der Waals surface area contributed by atoms with Crippen molar-refractivity contribution in [1.29, 1.82) is 0 Å². The average Bonchev–Trinajstić information content (AvgIpc) is 3.46. The van der Waals surface area contributed by atoms with Gasteiger partial charge in [-0.2, -0.15) is 0 Å². The van der Waals surface area contributed by atoms with Gasteiger partial charge in [0.25, 0.3) is 0 Å². The van der Waals surface area contributed by atoms with Crippen molar-refractivity contribution >= 4 is 18.8 Å². The molecule has 5 rings (SSSR count). The molecule has 0 fully saturated rings. The van der Waals surface area contributed by atoms with Gasteiger partial charge in [-0.1, -0.05) is 39.5 Å². The molecule has 0 radical (unpaired) electrons. The topological polar surface area (TPSA) is 0 Å². The Bertz CT molecular complexity index is 1210. The molecule has 2 atom stereocenters. The fourth-order valence-corrected chi connectivity index (χ4v) is 26.6. The van der Waals surface area contributed by atoms with E-state index in [2.05, 4.69) is 119 Å². The van der Waals surface area contributed by atoms with Crippen LogP contribution < -0.4 is 24.8 Å². The fourth-order valence-electron chi connectivity index (χ4n) is 6.12. The van der Waals surface area contributed by atoms with Gasteiger partial charge in [0.1, 0.15) is 0 Å². The minimum Gasteiger partial charge on any atom is -1.00 e. The maximum Gasteiger partial charge on any atom is -0.0536 e. The van der Waals surface area contributed by atoms with Gasteiger partial charge in [0.2, 0.25) is 0 Å². The fraction of sp³-hybridized carbons (Fsp3) is 0.353. The molecule has 4 heteroatoms. The van der Waals surface area contributed by atoms with Crippen LogP contribution in [0, 0.1) is 0 Å². The zero-order valence-electron chi connectivity index (χ0n) is 23.7. The van der Waals surface area contributed by atoms with Crippen molar-refractivity contribution < 1.29 is 45.7 Å². The van der Waals surface area contributed by atoms with Crippen LogP contribution >= 0.6 is 0 Å². The Labute approximate surface area is 253 Å². The number of hydrogen-bond donors (Lipinski definition) is 0. The Morgan fingerprint density at radius 2 is 1.34 bits per heavy atom. The predicted octanol–water partition coefficient (Wildman–Crippen LogP) is 3.70. The smallest absolute Gasteiger partial charge is 0.0536 e. The van der Waals surface area contributed by atoms with Crippen molar-refractivity contribution in [1.82, 2.24) is 0 Å². The number of fused-ring (bicyclic) bond motifs is 2. The van der Waals surface area contributed by atoms with Crippen LogP contribution in [0.15, 0.2) is 83.9 Å².